The second-order valence-corrected chi connectivity index (χ2v) is 12.6. The highest BCUT2D eigenvalue weighted by Crippen LogP contribution is 2.36. The Morgan fingerprint density at radius 1 is 1.13 bits per heavy atom. The lowest BCUT2D eigenvalue weighted by Crippen LogP contribution is -2.55. The van der Waals surface area contributed by atoms with Gasteiger partial charge in [0.05, 0.1) is 35.1 Å². The Balaban J connectivity index is 1.76. The number of aromatic nitrogens is 4. The molecule has 1 unspecified atom stereocenters. The first-order valence-electron chi connectivity index (χ1n) is 15.1. The van der Waals surface area contributed by atoms with Gasteiger partial charge in [-0.05, 0) is 70.4 Å². The van der Waals surface area contributed by atoms with E-state index in [2.05, 4.69) is 16.0 Å². The fourth-order valence-electron chi connectivity index (χ4n) is 5.73. The lowest BCUT2D eigenvalue weighted by molar-refractivity contribution is 0.0218. The SMILES string of the molecule is COc1ccccc1-c1nc2c(cc1C#N)c(N1CCN(C(=O)OC(C)(C)C)CC1C)nc(=O)n2-c1c(C)ccnc1C(C)C. The van der Waals surface area contributed by atoms with Crippen LogP contribution in [0.5, 0.6) is 5.75 Å². The molecule has 1 saturated heterocycles. The maximum absolute atomic E-state index is 14.2. The molecule has 0 spiro atoms. The Kier molecular flexibility index (Phi) is 8.52. The summed E-state index contributed by atoms with van der Waals surface area (Å²) in [7, 11) is 1.57. The third-order valence-corrected chi connectivity index (χ3v) is 7.81. The van der Waals surface area contributed by atoms with E-state index in [0.717, 1.165) is 11.3 Å². The van der Waals surface area contributed by atoms with Crippen LogP contribution < -0.4 is 15.3 Å². The van der Waals surface area contributed by atoms with Gasteiger partial charge in [-0.25, -0.2) is 19.1 Å². The topological polar surface area (TPSA) is 126 Å². The van der Waals surface area contributed by atoms with E-state index in [0.29, 0.717) is 64.7 Å². The summed E-state index contributed by atoms with van der Waals surface area (Å²) in [6.07, 6.45) is 1.35. The van der Waals surface area contributed by atoms with Crippen LogP contribution in [0.4, 0.5) is 10.6 Å². The summed E-state index contributed by atoms with van der Waals surface area (Å²) in [6.45, 7) is 14.6. The Morgan fingerprint density at radius 3 is 2.51 bits per heavy atom. The third-order valence-electron chi connectivity index (χ3n) is 7.81. The number of anilines is 1. The minimum absolute atomic E-state index is 0.00884. The molecule has 234 valence electrons. The molecule has 3 aromatic heterocycles. The molecule has 0 saturated carbocycles. The van der Waals surface area contributed by atoms with Crippen LogP contribution in [-0.4, -0.2) is 68.9 Å². The molecule has 1 aromatic carbocycles. The standard InChI is InChI=1S/C34H39N7O4/c1-20(2)27-29(21(3)13-14-36-27)41-31-25(17-23(18-35)28(37-31)24-11-9-10-12-26(24)44-8)30(38-32(41)42)40-16-15-39(19-22(40)4)33(43)45-34(5,6)7/h9-14,17,20,22H,15-16,19H2,1-8H3. The number of fused-ring (bicyclic) bond motifs is 1. The smallest absolute Gasteiger partial charge is 0.410 e. The van der Waals surface area contributed by atoms with Gasteiger partial charge in [-0.2, -0.15) is 10.2 Å². The minimum Gasteiger partial charge on any atom is -0.496 e. The first-order chi connectivity index (χ1) is 21.3. The van der Waals surface area contributed by atoms with E-state index in [9.17, 15) is 14.9 Å². The third kappa shape index (κ3) is 6.05. The number of benzene rings is 1. The van der Waals surface area contributed by atoms with Gasteiger partial charge in [0.25, 0.3) is 0 Å². The molecule has 0 bridgehead atoms. The number of pyridine rings is 2. The van der Waals surface area contributed by atoms with Crippen molar-refractivity contribution in [1.82, 2.24) is 24.4 Å². The Bertz CT molecular complexity index is 1870. The van der Waals surface area contributed by atoms with Crippen LogP contribution in [0, 0.1) is 18.3 Å². The molecule has 4 heterocycles. The largest absolute Gasteiger partial charge is 0.496 e. The highest BCUT2D eigenvalue weighted by atomic mass is 16.6. The average molecular weight is 610 g/mol. The number of hydrogen-bond acceptors (Lipinski definition) is 9. The van der Waals surface area contributed by atoms with Gasteiger partial charge in [-0.3, -0.25) is 4.98 Å². The van der Waals surface area contributed by atoms with Gasteiger partial charge >= 0.3 is 11.8 Å². The zero-order valence-corrected chi connectivity index (χ0v) is 27.1. The Hall–Kier alpha value is -4.98. The molecular formula is C34H39N7O4. The molecule has 1 atom stereocenters. The molecule has 5 rings (SSSR count). The number of methoxy groups -OCH3 is 1. The number of hydrogen-bond donors (Lipinski definition) is 0. The van der Waals surface area contributed by atoms with Crippen LogP contribution in [0.2, 0.25) is 0 Å². The van der Waals surface area contributed by atoms with Crippen LogP contribution in [0.3, 0.4) is 0 Å². The van der Waals surface area contributed by atoms with E-state index in [1.807, 2.05) is 77.6 Å². The number of nitriles is 1. The van der Waals surface area contributed by atoms with E-state index < -0.39 is 11.3 Å². The first-order valence-corrected chi connectivity index (χ1v) is 15.1. The quantitative estimate of drug-likeness (QED) is 0.284. The van der Waals surface area contributed by atoms with Crippen LogP contribution in [-0.2, 0) is 4.74 Å². The molecule has 1 aliphatic rings. The van der Waals surface area contributed by atoms with Crippen LogP contribution in [0.15, 0.2) is 47.4 Å². The number of rotatable bonds is 5. The predicted molar refractivity (Wildman–Crippen MR) is 173 cm³/mol. The summed E-state index contributed by atoms with van der Waals surface area (Å²) in [5, 5.41) is 10.9. The number of aryl methyl sites for hydroxylation is 1. The maximum atomic E-state index is 14.2. The van der Waals surface area contributed by atoms with Gasteiger partial charge < -0.3 is 19.3 Å². The van der Waals surface area contributed by atoms with Crippen molar-refractivity contribution in [2.75, 3.05) is 31.6 Å². The fraction of sp³-hybridized carbons (Fsp3) is 0.412. The summed E-state index contributed by atoms with van der Waals surface area (Å²) in [4.78, 5) is 45.0. The summed E-state index contributed by atoms with van der Waals surface area (Å²) >= 11 is 0. The number of nitrogens with zero attached hydrogens (tertiary/aromatic N) is 7. The summed E-state index contributed by atoms with van der Waals surface area (Å²) in [5.41, 5.74) is 2.75. The van der Waals surface area contributed by atoms with E-state index in [-0.39, 0.29) is 18.1 Å². The van der Waals surface area contributed by atoms with Crippen LogP contribution in [0.25, 0.3) is 28.0 Å². The number of para-hydroxylation sites is 1. The molecule has 11 nitrogen and oxygen atoms in total. The molecule has 0 radical (unpaired) electrons. The van der Waals surface area contributed by atoms with Crippen molar-refractivity contribution in [2.24, 2.45) is 0 Å². The van der Waals surface area contributed by atoms with Gasteiger partial charge in [0.1, 0.15) is 23.2 Å². The molecule has 4 aromatic rings. The molecule has 0 N–H and O–H groups in total. The average Bonchev–Trinajstić information content (AvgIpc) is 2.99. The van der Waals surface area contributed by atoms with E-state index in [1.54, 1.807) is 30.3 Å². The Morgan fingerprint density at radius 2 is 1.87 bits per heavy atom. The van der Waals surface area contributed by atoms with Crippen molar-refractivity contribution in [3.8, 4) is 28.8 Å². The number of carbonyl (C=O) groups is 1. The van der Waals surface area contributed by atoms with Gasteiger partial charge in [-0.15, -0.1) is 0 Å². The number of amides is 1. The second kappa shape index (κ2) is 12.2. The van der Waals surface area contributed by atoms with Crippen molar-refractivity contribution in [2.45, 2.75) is 66.0 Å². The van der Waals surface area contributed by atoms with Gasteiger partial charge in [0.15, 0.2) is 5.65 Å². The molecule has 1 fully saturated rings. The second-order valence-electron chi connectivity index (χ2n) is 12.6. The summed E-state index contributed by atoms with van der Waals surface area (Å²) in [6, 6.07) is 13.0. The number of carbonyl (C=O) groups excluding carboxylic acids is 1. The molecule has 11 heteroatoms. The minimum atomic E-state index is -0.614. The normalized spacial score (nSPS) is 15.3. The Labute approximate surface area is 263 Å². The molecule has 45 heavy (non-hydrogen) atoms. The van der Waals surface area contributed by atoms with Crippen molar-refractivity contribution in [1.29, 1.82) is 5.26 Å². The molecular weight excluding hydrogens is 570 g/mol. The number of piperazine rings is 1. The van der Waals surface area contributed by atoms with E-state index in [1.165, 1.54) is 4.57 Å². The summed E-state index contributed by atoms with van der Waals surface area (Å²) in [5.74, 6) is 0.969. The zero-order valence-electron chi connectivity index (χ0n) is 27.1. The van der Waals surface area contributed by atoms with Gasteiger partial charge in [-0.1, -0.05) is 26.0 Å². The monoisotopic (exact) mass is 609 g/mol. The van der Waals surface area contributed by atoms with E-state index in [4.69, 9.17) is 14.5 Å². The predicted octanol–water partition coefficient (Wildman–Crippen LogP) is 5.60. The lowest BCUT2D eigenvalue weighted by atomic mass is 10.0. The highest BCUT2D eigenvalue weighted by Gasteiger charge is 2.33. The van der Waals surface area contributed by atoms with Crippen LogP contribution >= 0.6 is 0 Å². The lowest BCUT2D eigenvalue weighted by Gasteiger charge is -2.41. The summed E-state index contributed by atoms with van der Waals surface area (Å²) < 4.78 is 12.7. The zero-order chi connectivity index (χ0) is 32.6. The van der Waals surface area contributed by atoms with Crippen molar-refractivity contribution >= 4 is 22.9 Å². The van der Waals surface area contributed by atoms with Gasteiger partial charge in [0.2, 0.25) is 0 Å². The molecule has 1 amide bonds. The van der Waals surface area contributed by atoms with Crippen molar-refractivity contribution < 1.29 is 14.3 Å². The number of ether oxygens (including phenoxy) is 2. The molecule has 1 aliphatic heterocycles. The van der Waals surface area contributed by atoms with Gasteiger partial charge in [0, 0.05) is 37.4 Å². The first kappa shape index (κ1) is 31.4. The van der Waals surface area contributed by atoms with Crippen molar-refractivity contribution in [3.05, 3.63) is 69.9 Å². The van der Waals surface area contributed by atoms with Crippen LogP contribution in [0.1, 0.15) is 64.3 Å². The molecule has 0 aliphatic carbocycles. The fourth-order valence-corrected chi connectivity index (χ4v) is 5.73. The van der Waals surface area contributed by atoms with Crippen molar-refractivity contribution in [3.63, 3.8) is 0 Å². The highest BCUT2D eigenvalue weighted by molar-refractivity contribution is 5.93. The van der Waals surface area contributed by atoms with E-state index >= 15 is 0 Å². The maximum Gasteiger partial charge on any atom is 0.410 e.